The number of pyridine rings is 2. The van der Waals surface area contributed by atoms with Gasteiger partial charge in [-0.1, -0.05) is 12.2 Å². The average Bonchev–Trinajstić information content (AvgIpc) is 3.43. The Labute approximate surface area is 200 Å². The molecule has 1 fully saturated rings. The van der Waals surface area contributed by atoms with E-state index >= 15 is 0 Å². The SMILES string of the molecule is C/C=C\C=C(/c1cc(-c2n[nH]c3cnc(-c4cnccc4C)cc23)[nH]c1C)N1CCN(C)CC1. The molecule has 0 amide bonds. The molecule has 0 aliphatic carbocycles. The number of fused-ring (bicyclic) bond motifs is 1. The van der Waals surface area contributed by atoms with Crippen molar-refractivity contribution in [3.05, 3.63) is 71.8 Å². The standard InChI is InChI=1S/C27H31N7/c1-5-6-7-26(34-12-10-33(4)11-13-34)20-14-24(30-19(20)3)27-21-15-23(29-17-25(21)31-32-27)22-16-28-9-8-18(22)2/h5-9,14-17,30H,10-13H2,1-4H3,(H,31,32)/b6-5-,26-7+. The normalized spacial score (nSPS) is 15.6. The third kappa shape index (κ3) is 4.15. The summed E-state index contributed by atoms with van der Waals surface area (Å²) in [5.74, 6) is 0. The van der Waals surface area contributed by atoms with Crippen LogP contribution in [0.1, 0.15) is 23.7 Å². The van der Waals surface area contributed by atoms with Crippen LogP contribution in [0.15, 0.2) is 55.0 Å². The molecule has 0 atom stereocenters. The minimum Gasteiger partial charge on any atom is -0.368 e. The molecule has 4 aromatic heterocycles. The summed E-state index contributed by atoms with van der Waals surface area (Å²) in [6.07, 6.45) is 12.0. The Bertz CT molecular complexity index is 1370. The summed E-state index contributed by atoms with van der Waals surface area (Å²) in [5, 5.41) is 8.85. The highest BCUT2D eigenvalue weighted by molar-refractivity contribution is 5.94. The number of hydrogen-bond acceptors (Lipinski definition) is 5. The molecule has 0 aromatic carbocycles. The first-order valence-electron chi connectivity index (χ1n) is 11.8. The number of hydrogen-bond donors (Lipinski definition) is 2. The third-order valence-electron chi connectivity index (χ3n) is 6.60. The highest BCUT2D eigenvalue weighted by atomic mass is 15.3. The Morgan fingerprint density at radius 2 is 1.91 bits per heavy atom. The number of H-pyrrole nitrogens is 2. The lowest BCUT2D eigenvalue weighted by Crippen LogP contribution is -2.43. The zero-order chi connectivity index (χ0) is 23.7. The Morgan fingerprint density at radius 3 is 2.68 bits per heavy atom. The van der Waals surface area contributed by atoms with Crippen LogP contribution in [-0.2, 0) is 0 Å². The zero-order valence-electron chi connectivity index (χ0n) is 20.3. The molecule has 0 saturated carbocycles. The zero-order valence-corrected chi connectivity index (χ0v) is 20.3. The van der Waals surface area contributed by atoms with E-state index in [4.69, 9.17) is 0 Å². The maximum Gasteiger partial charge on any atom is 0.116 e. The molecule has 0 bridgehead atoms. The van der Waals surface area contributed by atoms with Crippen molar-refractivity contribution in [2.75, 3.05) is 33.2 Å². The van der Waals surface area contributed by atoms with Crippen LogP contribution in [-0.4, -0.2) is 68.2 Å². The average molecular weight is 454 g/mol. The summed E-state index contributed by atoms with van der Waals surface area (Å²) >= 11 is 0. The molecule has 5 rings (SSSR count). The monoisotopic (exact) mass is 453 g/mol. The number of piperazine rings is 1. The summed E-state index contributed by atoms with van der Waals surface area (Å²) in [6, 6.07) is 6.34. The molecule has 1 saturated heterocycles. The molecule has 34 heavy (non-hydrogen) atoms. The lowest BCUT2D eigenvalue weighted by Gasteiger charge is -2.35. The van der Waals surface area contributed by atoms with Crippen LogP contribution in [0.5, 0.6) is 0 Å². The van der Waals surface area contributed by atoms with Gasteiger partial charge in [0.2, 0.25) is 0 Å². The fourth-order valence-corrected chi connectivity index (χ4v) is 4.55. The van der Waals surface area contributed by atoms with Crippen molar-refractivity contribution in [2.24, 2.45) is 0 Å². The van der Waals surface area contributed by atoms with Gasteiger partial charge < -0.3 is 14.8 Å². The van der Waals surface area contributed by atoms with E-state index in [-0.39, 0.29) is 0 Å². The van der Waals surface area contributed by atoms with E-state index in [1.807, 2.05) is 24.7 Å². The first kappa shape index (κ1) is 22.1. The Morgan fingerprint density at radius 1 is 1.09 bits per heavy atom. The molecular formula is C27H31N7. The van der Waals surface area contributed by atoms with Crippen molar-refractivity contribution in [1.29, 1.82) is 0 Å². The molecule has 174 valence electrons. The lowest BCUT2D eigenvalue weighted by molar-refractivity contribution is 0.207. The predicted molar refractivity (Wildman–Crippen MR) is 138 cm³/mol. The van der Waals surface area contributed by atoms with E-state index in [0.29, 0.717) is 0 Å². The van der Waals surface area contributed by atoms with Crippen LogP contribution in [0.25, 0.3) is 39.2 Å². The summed E-state index contributed by atoms with van der Waals surface area (Å²) < 4.78 is 0. The van der Waals surface area contributed by atoms with E-state index in [0.717, 1.165) is 71.0 Å². The molecule has 7 heteroatoms. The van der Waals surface area contributed by atoms with Gasteiger partial charge in [0.1, 0.15) is 5.69 Å². The minimum absolute atomic E-state index is 0.898. The molecule has 0 spiro atoms. The first-order valence-corrected chi connectivity index (χ1v) is 11.8. The van der Waals surface area contributed by atoms with Crippen molar-refractivity contribution < 1.29 is 0 Å². The van der Waals surface area contributed by atoms with E-state index in [9.17, 15) is 0 Å². The number of allylic oxidation sites excluding steroid dienone is 3. The molecule has 5 heterocycles. The van der Waals surface area contributed by atoms with E-state index in [1.54, 1.807) is 0 Å². The second-order valence-corrected chi connectivity index (χ2v) is 8.97. The maximum atomic E-state index is 4.66. The van der Waals surface area contributed by atoms with Crippen LogP contribution in [0.3, 0.4) is 0 Å². The van der Waals surface area contributed by atoms with Gasteiger partial charge in [0.05, 0.1) is 23.1 Å². The van der Waals surface area contributed by atoms with Gasteiger partial charge in [0, 0.05) is 66.5 Å². The second kappa shape index (κ2) is 9.27. The number of aromatic nitrogens is 5. The fourth-order valence-electron chi connectivity index (χ4n) is 4.55. The third-order valence-corrected chi connectivity index (χ3v) is 6.60. The van der Waals surface area contributed by atoms with E-state index < -0.39 is 0 Å². The topological polar surface area (TPSA) is 76.7 Å². The minimum atomic E-state index is 0.898. The van der Waals surface area contributed by atoms with E-state index in [1.165, 1.54) is 11.3 Å². The van der Waals surface area contributed by atoms with Crippen molar-refractivity contribution in [2.45, 2.75) is 20.8 Å². The van der Waals surface area contributed by atoms with E-state index in [2.05, 4.69) is 93.1 Å². The van der Waals surface area contributed by atoms with Crippen molar-refractivity contribution in [3.63, 3.8) is 0 Å². The number of nitrogens with zero attached hydrogens (tertiary/aromatic N) is 5. The number of nitrogens with one attached hydrogen (secondary N) is 2. The lowest BCUT2D eigenvalue weighted by atomic mass is 10.1. The number of aromatic amines is 2. The Balaban J connectivity index is 1.56. The largest absolute Gasteiger partial charge is 0.368 e. The molecule has 7 nitrogen and oxygen atoms in total. The number of aryl methyl sites for hydroxylation is 2. The van der Waals surface area contributed by atoms with Gasteiger partial charge in [-0.15, -0.1) is 0 Å². The Kier molecular flexibility index (Phi) is 6.02. The van der Waals surface area contributed by atoms with Gasteiger partial charge >= 0.3 is 0 Å². The van der Waals surface area contributed by atoms with Crippen LogP contribution in [0.4, 0.5) is 0 Å². The van der Waals surface area contributed by atoms with Gasteiger partial charge in [0.15, 0.2) is 0 Å². The molecule has 2 N–H and O–H groups in total. The molecule has 1 aliphatic heterocycles. The molecular weight excluding hydrogens is 422 g/mol. The van der Waals surface area contributed by atoms with Gasteiger partial charge in [-0.2, -0.15) is 5.10 Å². The number of rotatable bonds is 5. The quantitative estimate of drug-likeness (QED) is 0.425. The van der Waals surface area contributed by atoms with Crippen LogP contribution in [0, 0.1) is 13.8 Å². The molecule has 0 unspecified atom stereocenters. The summed E-state index contributed by atoms with van der Waals surface area (Å²) in [6.45, 7) is 10.4. The van der Waals surface area contributed by atoms with Crippen molar-refractivity contribution in [1.82, 2.24) is 34.9 Å². The maximum absolute atomic E-state index is 4.66. The summed E-state index contributed by atoms with van der Waals surface area (Å²) in [7, 11) is 2.19. The van der Waals surface area contributed by atoms with Crippen LogP contribution >= 0.6 is 0 Å². The molecule has 1 aliphatic rings. The number of likely N-dealkylation sites (N-methyl/N-ethyl adjacent to an activating group) is 1. The fraction of sp³-hybridized carbons (Fsp3) is 0.296. The highest BCUT2D eigenvalue weighted by Crippen LogP contribution is 2.33. The van der Waals surface area contributed by atoms with Crippen LogP contribution in [0.2, 0.25) is 0 Å². The van der Waals surface area contributed by atoms with Crippen molar-refractivity contribution >= 4 is 16.6 Å². The van der Waals surface area contributed by atoms with Gasteiger partial charge in [-0.05, 0) is 57.7 Å². The van der Waals surface area contributed by atoms with Gasteiger partial charge in [-0.25, -0.2) is 0 Å². The Hall–Kier alpha value is -3.71. The summed E-state index contributed by atoms with van der Waals surface area (Å²) in [5.41, 5.74) is 9.50. The van der Waals surface area contributed by atoms with Gasteiger partial charge in [-0.3, -0.25) is 15.1 Å². The molecule has 0 radical (unpaired) electrons. The summed E-state index contributed by atoms with van der Waals surface area (Å²) in [4.78, 5) is 17.4. The predicted octanol–water partition coefficient (Wildman–Crippen LogP) is 4.80. The van der Waals surface area contributed by atoms with Gasteiger partial charge in [0.25, 0.3) is 0 Å². The van der Waals surface area contributed by atoms with Crippen molar-refractivity contribution in [3.8, 4) is 22.6 Å². The van der Waals surface area contributed by atoms with Crippen LogP contribution < -0.4 is 0 Å². The second-order valence-electron chi connectivity index (χ2n) is 8.97. The smallest absolute Gasteiger partial charge is 0.116 e. The molecule has 4 aromatic rings. The highest BCUT2D eigenvalue weighted by Gasteiger charge is 2.21. The first-order chi connectivity index (χ1) is 16.5.